The second kappa shape index (κ2) is 9.23. The van der Waals surface area contributed by atoms with Crippen molar-refractivity contribution in [2.24, 2.45) is 11.8 Å². The van der Waals surface area contributed by atoms with Gasteiger partial charge < -0.3 is 14.8 Å². The standard InChI is InChI=1S/C21H35NO3/c1-9-25-21(12-14(2)3,13-15(4)5)20(23)22-18-10-16(6)19(24-8)17(7)11-18/h10-11,14-15H,9,12-13H2,1-8H3,(H,22,23). The highest BCUT2D eigenvalue weighted by atomic mass is 16.5. The van der Waals surface area contributed by atoms with Crippen molar-refractivity contribution in [3.63, 3.8) is 0 Å². The molecule has 0 heterocycles. The number of anilines is 1. The topological polar surface area (TPSA) is 47.6 Å². The number of carbonyl (C=O) groups excluding carboxylic acids is 1. The van der Waals surface area contributed by atoms with E-state index in [0.717, 1.165) is 22.6 Å². The number of carbonyl (C=O) groups is 1. The van der Waals surface area contributed by atoms with Crippen LogP contribution in [0.4, 0.5) is 5.69 Å². The lowest BCUT2D eigenvalue weighted by Crippen LogP contribution is -2.47. The predicted octanol–water partition coefficient (Wildman–Crippen LogP) is 5.12. The second-order valence-electron chi connectivity index (χ2n) is 7.72. The molecule has 1 rings (SSSR count). The lowest BCUT2D eigenvalue weighted by Gasteiger charge is -2.35. The normalized spacial score (nSPS) is 11.9. The number of hydrogen-bond acceptors (Lipinski definition) is 3. The van der Waals surface area contributed by atoms with Crippen LogP contribution in [-0.2, 0) is 9.53 Å². The molecule has 25 heavy (non-hydrogen) atoms. The van der Waals surface area contributed by atoms with Crippen LogP contribution in [0.25, 0.3) is 0 Å². The van der Waals surface area contributed by atoms with Crippen LogP contribution < -0.4 is 10.1 Å². The molecule has 0 bridgehead atoms. The molecule has 0 aliphatic heterocycles. The molecule has 4 nitrogen and oxygen atoms in total. The van der Waals surface area contributed by atoms with E-state index in [9.17, 15) is 4.79 Å². The smallest absolute Gasteiger partial charge is 0.256 e. The molecule has 1 amide bonds. The highest BCUT2D eigenvalue weighted by Gasteiger charge is 2.40. The van der Waals surface area contributed by atoms with Crippen molar-refractivity contribution in [2.45, 2.75) is 66.9 Å². The first-order valence-electron chi connectivity index (χ1n) is 9.25. The number of benzene rings is 1. The van der Waals surface area contributed by atoms with E-state index in [2.05, 4.69) is 33.0 Å². The van der Waals surface area contributed by atoms with Crippen molar-refractivity contribution < 1.29 is 14.3 Å². The Morgan fingerprint density at radius 1 is 1.08 bits per heavy atom. The number of nitrogens with one attached hydrogen (secondary N) is 1. The maximum atomic E-state index is 13.2. The molecule has 0 saturated carbocycles. The Morgan fingerprint density at radius 3 is 1.92 bits per heavy atom. The maximum absolute atomic E-state index is 13.2. The monoisotopic (exact) mass is 349 g/mol. The van der Waals surface area contributed by atoms with Crippen molar-refractivity contribution in [2.75, 3.05) is 19.0 Å². The lowest BCUT2D eigenvalue weighted by molar-refractivity contribution is -0.146. The van der Waals surface area contributed by atoms with Gasteiger partial charge in [-0.25, -0.2) is 0 Å². The van der Waals surface area contributed by atoms with Gasteiger partial charge in [0.15, 0.2) is 0 Å². The van der Waals surface area contributed by atoms with E-state index in [0.29, 0.717) is 31.3 Å². The Bertz CT molecular complexity index is 545. The summed E-state index contributed by atoms with van der Waals surface area (Å²) in [5.41, 5.74) is 2.01. The van der Waals surface area contributed by atoms with Gasteiger partial charge >= 0.3 is 0 Å². The first-order valence-corrected chi connectivity index (χ1v) is 9.25. The molecule has 1 aromatic carbocycles. The Morgan fingerprint density at radius 2 is 1.56 bits per heavy atom. The number of methoxy groups -OCH3 is 1. The van der Waals surface area contributed by atoms with Crippen LogP contribution >= 0.6 is 0 Å². The zero-order valence-electron chi connectivity index (χ0n) is 17.2. The number of hydrogen-bond donors (Lipinski definition) is 1. The first-order chi connectivity index (χ1) is 11.6. The highest BCUT2D eigenvalue weighted by molar-refractivity contribution is 5.97. The summed E-state index contributed by atoms with van der Waals surface area (Å²) in [4.78, 5) is 13.2. The van der Waals surface area contributed by atoms with Gasteiger partial charge in [-0.05, 0) is 68.7 Å². The summed E-state index contributed by atoms with van der Waals surface area (Å²) in [6.45, 7) is 15.0. The molecular formula is C21H35NO3. The minimum absolute atomic E-state index is 0.0549. The average molecular weight is 350 g/mol. The Labute approximate surface area is 153 Å². The van der Waals surface area contributed by atoms with Crippen molar-refractivity contribution >= 4 is 11.6 Å². The van der Waals surface area contributed by atoms with E-state index in [4.69, 9.17) is 9.47 Å². The molecule has 0 fully saturated rings. The zero-order valence-corrected chi connectivity index (χ0v) is 17.2. The second-order valence-corrected chi connectivity index (χ2v) is 7.72. The van der Waals surface area contributed by atoms with Gasteiger partial charge in [0, 0.05) is 12.3 Å². The van der Waals surface area contributed by atoms with Crippen molar-refractivity contribution in [3.8, 4) is 5.75 Å². The van der Waals surface area contributed by atoms with E-state index in [1.165, 1.54) is 0 Å². The summed E-state index contributed by atoms with van der Waals surface area (Å²) in [5, 5.41) is 3.09. The lowest BCUT2D eigenvalue weighted by atomic mass is 9.83. The predicted molar refractivity (Wildman–Crippen MR) is 104 cm³/mol. The molecule has 0 unspecified atom stereocenters. The van der Waals surface area contributed by atoms with E-state index in [-0.39, 0.29) is 5.91 Å². The molecule has 1 N–H and O–H groups in total. The van der Waals surface area contributed by atoms with Crippen LogP contribution in [0.2, 0.25) is 0 Å². The Kier molecular flexibility index (Phi) is 7.94. The van der Waals surface area contributed by atoms with Crippen molar-refractivity contribution in [1.82, 2.24) is 0 Å². The summed E-state index contributed by atoms with van der Waals surface area (Å²) < 4.78 is 11.5. The van der Waals surface area contributed by atoms with Gasteiger partial charge in [0.05, 0.1) is 7.11 Å². The molecule has 1 aromatic rings. The number of ether oxygens (including phenoxy) is 2. The van der Waals surface area contributed by atoms with E-state index < -0.39 is 5.60 Å². The number of aryl methyl sites for hydroxylation is 2. The molecule has 0 aliphatic rings. The van der Waals surface area contributed by atoms with Crippen molar-refractivity contribution in [3.05, 3.63) is 23.3 Å². The van der Waals surface area contributed by atoms with Gasteiger partial charge in [0.2, 0.25) is 0 Å². The Balaban J connectivity index is 3.16. The minimum Gasteiger partial charge on any atom is -0.496 e. The summed E-state index contributed by atoms with van der Waals surface area (Å²) in [7, 11) is 1.67. The fourth-order valence-corrected chi connectivity index (χ4v) is 3.64. The van der Waals surface area contributed by atoms with E-state index in [1.807, 2.05) is 32.9 Å². The fourth-order valence-electron chi connectivity index (χ4n) is 3.64. The van der Waals surface area contributed by atoms with Gasteiger partial charge in [-0.2, -0.15) is 0 Å². The minimum atomic E-state index is -0.793. The molecule has 0 atom stereocenters. The van der Waals surface area contributed by atoms with Crippen LogP contribution in [0.15, 0.2) is 12.1 Å². The van der Waals surface area contributed by atoms with Crippen LogP contribution in [0.3, 0.4) is 0 Å². The number of rotatable bonds is 9. The zero-order chi connectivity index (χ0) is 19.2. The first kappa shape index (κ1) is 21.5. The van der Waals surface area contributed by atoms with Crippen molar-refractivity contribution in [1.29, 1.82) is 0 Å². The SMILES string of the molecule is CCOC(CC(C)C)(CC(C)C)C(=O)Nc1cc(C)c(OC)c(C)c1. The van der Waals surface area contributed by atoms with E-state index >= 15 is 0 Å². The third-order valence-electron chi connectivity index (χ3n) is 4.23. The quantitative estimate of drug-likeness (QED) is 0.673. The van der Waals surface area contributed by atoms with Gasteiger partial charge in [-0.15, -0.1) is 0 Å². The maximum Gasteiger partial charge on any atom is 0.256 e. The molecule has 0 spiro atoms. The highest BCUT2D eigenvalue weighted by Crippen LogP contribution is 2.32. The summed E-state index contributed by atoms with van der Waals surface area (Å²) in [5.74, 6) is 1.55. The summed E-state index contributed by atoms with van der Waals surface area (Å²) >= 11 is 0. The largest absolute Gasteiger partial charge is 0.496 e. The summed E-state index contributed by atoms with van der Waals surface area (Å²) in [6.07, 6.45) is 1.41. The molecule has 4 heteroatoms. The third-order valence-corrected chi connectivity index (χ3v) is 4.23. The average Bonchev–Trinajstić information content (AvgIpc) is 2.45. The molecular weight excluding hydrogens is 314 g/mol. The van der Waals surface area contributed by atoms with Gasteiger partial charge in [0.25, 0.3) is 5.91 Å². The molecule has 0 aliphatic carbocycles. The van der Waals surface area contributed by atoms with Crippen LogP contribution in [0.1, 0.15) is 58.6 Å². The van der Waals surface area contributed by atoms with Crippen LogP contribution in [0, 0.1) is 25.7 Å². The van der Waals surface area contributed by atoms with Gasteiger partial charge in [0.1, 0.15) is 11.4 Å². The third kappa shape index (κ3) is 5.74. The Hall–Kier alpha value is -1.55. The van der Waals surface area contributed by atoms with Gasteiger partial charge in [-0.1, -0.05) is 27.7 Å². The summed E-state index contributed by atoms with van der Waals surface area (Å²) in [6, 6.07) is 3.90. The number of amides is 1. The van der Waals surface area contributed by atoms with E-state index in [1.54, 1.807) is 7.11 Å². The molecule has 0 radical (unpaired) electrons. The molecule has 142 valence electrons. The fraction of sp³-hybridized carbons (Fsp3) is 0.667. The molecule has 0 saturated heterocycles. The van der Waals surface area contributed by atoms with Gasteiger partial charge in [-0.3, -0.25) is 4.79 Å². The van der Waals surface area contributed by atoms with Crippen LogP contribution in [-0.4, -0.2) is 25.2 Å². The molecule has 0 aromatic heterocycles. The van der Waals surface area contributed by atoms with Crippen LogP contribution in [0.5, 0.6) is 5.75 Å².